The molecule has 0 unspecified atom stereocenters. The lowest BCUT2D eigenvalue weighted by Crippen LogP contribution is -2.22. The molecule has 0 aliphatic carbocycles. The van der Waals surface area contributed by atoms with Gasteiger partial charge in [-0.1, -0.05) is 17.3 Å². The molecule has 104 valence electrons. The fraction of sp³-hybridized carbons (Fsp3) is 0.417. The molecular formula is C12H14N6O2. The van der Waals surface area contributed by atoms with Gasteiger partial charge in [0.25, 0.3) is 5.56 Å². The van der Waals surface area contributed by atoms with Gasteiger partial charge in [-0.2, -0.15) is 0 Å². The first kappa shape index (κ1) is 12.5. The van der Waals surface area contributed by atoms with Crippen LogP contribution in [0.1, 0.15) is 23.9 Å². The molecule has 0 bridgehead atoms. The van der Waals surface area contributed by atoms with E-state index in [0.717, 1.165) is 23.4 Å². The summed E-state index contributed by atoms with van der Waals surface area (Å²) in [7, 11) is 1.70. The van der Waals surface area contributed by atoms with E-state index in [-0.39, 0.29) is 11.1 Å². The van der Waals surface area contributed by atoms with Crippen LogP contribution in [0.15, 0.2) is 15.6 Å². The van der Waals surface area contributed by atoms with Gasteiger partial charge in [0.15, 0.2) is 11.2 Å². The van der Waals surface area contributed by atoms with Crippen LogP contribution in [0, 0.1) is 6.92 Å². The number of aryl methyl sites for hydroxylation is 3. The maximum absolute atomic E-state index is 12.3. The number of rotatable bonds is 3. The van der Waals surface area contributed by atoms with E-state index in [2.05, 4.69) is 20.5 Å². The van der Waals surface area contributed by atoms with E-state index in [1.165, 1.54) is 15.6 Å². The van der Waals surface area contributed by atoms with Gasteiger partial charge in [0.05, 0.1) is 12.2 Å². The van der Waals surface area contributed by atoms with Crippen molar-refractivity contribution in [1.29, 1.82) is 0 Å². The molecule has 20 heavy (non-hydrogen) atoms. The second-order valence-electron chi connectivity index (χ2n) is 4.59. The van der Waals surface area contributed by atoms with Gasteiger partial charge in [-0.15, -0.1) is 5.10 Å². The van der Waals surface area contributed by atoms with Gasteiger partial charge >= 0.3 is 0 Å². The summed E-state index contributed by atoms with van der Waals surface area (Å²) < 4.78 is 8.20. The zero-order valence-electron chi connectivity index (χ0n) is 11.5. The first-order valence-electron chi connectivity index (χ1n) is 6.30. The third-order valence-electron chi connectivity index (χ3n) is 3.30. The summed E-state index contributed by atoms with van der Waals surface area (Å²) in [5.41, 5.74) is 2.23. The monoisotopic (exact) mass is 274 g/mol. The van der Waals surface area contributed by atoms with Crippen LogP contribution in [-0.2, 0) is 20.0 Å². The molecule has 0 fully saturated rings. The Labute approximate surface area is 114 Å². The zero-order valence-corrected chi connectivity index (χ0v) is 11.5. The van der Waals surface area contributed by atoms with Crippen molar-refractivity contribution in [2.45, 2.75) is 26.8 Å². The SMILES string of the molecule is CCc1onc(C)c1Cn1cnc2c(nnn2C)c1=O. The van der Waals surface area contributed by atoms with E-state index in [9.17, 15) is 4.79 Å². The summed E-state index contributed by atoms with van der Waals surface area (Å²) in [6, 6.07) is 0. The molecule has 0 amide bonds. The van der Waals surface area contributed by atoms with Gasteiger partial charge < -0.3 is 4.52 Å². The number of hydrogen-bond acceptors (Lipinski definition) is 6. The van der Waals surface area contributed by atoms with Crippen molar-refractivity contribution in [1.82, 2.24) is 29.7 Å². The topological polar surface area (TPSA) is 91.6 Å². The Hall–Kier alpha value is -2.51. The molecule has 3 aromatic rings. The molecule has 0 aliphatic rings. The highest BCUT2D eigenvalue weighted by molar-refractivity contribution is 5.67. The minimum Gasteiger partial charge on any atom is -0.361 e. The molecule has 0 aliphatic heterocycles. The highest BCUT2D eigenvalue weighted by Gasteiger charge is 2.15. The third kappa shape index (κ3) is 1.80. The Bertz CT molecular complexity index is 828. The summed E-state index contributed by atoms with van der Waals surface area (Å²) in [4.78, 5) is 16.6. The predicted octanol–water partition coefficient (Wildman–Crippen LogP) is 0.432. The van der Waals surface area contributed by atoms with Crippen LogP contribution >= 0.6 is 0 Å². The standard InChI is InChI=1S/C12H14N6O2/c1-4-9-8(7(2)15-20-9)5-18-6-13-11-10(12(18)19)14-16-17(11)3/h6H,4-5H2,1-3H3. The fourth-order valence-electron chi connectivity index (χ4n) is 2.15. The Morgan fingerprint density at radius 3 is 2.95 bits per heavy atom. The first-order valence-corrected chi connectivity index (χ1v) is 6.30. The van der Waals surface area contributed by atoms with Gasteiger partial charge in [-0.05, 0) is 6.92 Å². The molecule has 0 saturated carbocycles. The van der Waals surface area contributed by atoms with Crippen molar-refractivity contribution in [3.05, 3.63) is 33.7 Å². The van der Waals surface area contributed by atoms with Crippen molar-refractivity contribution in [3.63, 3.8) is 0 Å². The van der Waals surface area contributed by atoms with E-state index >= 15 is 0 Å². The second-order valence-corrected chi connectivity index (χ2v) is 4.59. The largest absolute Gasteiger partial charge is 0.361 e. The lowest BCUT2D eigenvalue weighted by atomic mass is 10.1. The van der Waals surface area contributed by atoms with E-state index in [1.54, 1.807) is 7.05 Å². The molecule has 0 atom stereocenters. The lowest BCUT2D eigenvalue weighted by Gasteiger charge is -2.04. The van der Waals surface area contributed by atoms with Gasteiger partial charge in [-0.3, -0.25) is 9.36 Å². The maximum atomic E-state index is 12.3. The summed E-state index contributed by atoms with van der Waals surface area (Å²) >= 11 is 0. The van der Waals surface area contributed by atoms with Crippen molar-refractivity contribution in [3.8, 4) is 0 Å². The molecule has 0 N–H and O–H groups in total. The maximum Gasteiger partial charge on any atom is 0.283 e. The Morgan fingerprint density at radius 1 is 1.40 bits per heavy atom. The van der Waals surface area contributed by atoms with E-state index in [0.29, 0.717) is 12.2 Å². The van der Waals surface area contributed by atoms with Crippen molar-refractivity contribution in [2.75, 3.05) is 0 Å². The number of aromatic nitrogens is 6. The zero-order chi connectivity index (χ0) is 14.3. The Morgan fingerprint density at radius 2 is 2.20 bits per heavy atom. The predicted molar refractivity (Wildman–Crippen MR) is 70.3 cm³/mol. The number of fused-ring (bicyclic) bond motifs is 1. The quantitative estimate of drug-likeness (QED) is 0.688. The average molecular weight is 274 g/mol. The average Bonchev–Trinajstić information content (AvgIpc) is 2.98. The summed E-state index contributed by atoms with van der Waals surface area (Å²) in [6.45, 7) is 4.21. The summed E-state index contributed by atoms with van der Waals surface area (Å²) in [5, 5.41) is 11.6. The molecule has 8 nitrogen and oxygen atoms in total. The molecular weight excluding hydrogens is 260 g/mol. The second kappa shape index (κ2) is 4.55. The molecule has 0 spiro atoms. The van der Waals surface area contributed by atoms with Crippen LogP contribution < -0.4 is 5.56 Å². The summed E-state index contributed by atoms with van der Waals surface area (Å²) in [6.07, 6.45) is 2.23. The molecule has 3 heterocycles. The van der Waals surface area contributed by atoms with Crippen LogP contribution in [0.4, 0.5) is 0 Å². The molecule has 8 heteroatoms. The molecule has 3 rings (SSSR count). The van der Waals surface area contributed by atoms with Gasteiger partial charge in [0, 0.05) is 19.0 Å². The summed E-state index contributed by atoms with van der Waals surface area (Å²) in [5.74, 6) is 0.786. The third-order valence-corrected chi connectivity index (χ3v) is 3.30. The Balaban J connectivity index is 2.09. The highest BCUT2D eigenvalue weighted by Crippen LogP contribution is 2.15. The van der Waals surface area contributed by atoms with Gasteiger partial charge in [0.2, 0.25) is 0 Å². The van der Waals surface area contributed by atoms with Gasteiger partial charge in [0.1, 0.15) is 12.1 Å². The first-order chi connectivity index (χ1) is 9.61. The van der Waals surface area contributed by atoms with Crippen molar-refractivity contribution in [2.24, 2.45) is 7.05 Å². The Kier molecular flexibility index (Phi) is 2.85. The van der Waals surface area contributed by atoms with Crippen molar-refractivity contribution >= 4 is 11.2 Å². The van der Waals surface area contributed by atoms with E-state index < -0.39 is 0 Å². The van der Waals surface area contributed by atoms with Crippen LogP contribution in [0.25, 0.3) is 11.2 Å². The van der Waals surface area contributed by atoms with Crippen molar-refractivity contribution < 1.29 is 4.52 Å². The smallest absolute Gasteiger partial charge is 0.283 e. The van der Waals surface area contributed by atoms with Crippen LogP contribution in [0.5, 0.6) is 0 Å². The fourth-order valence-corrected chi connectivity index (χ4v) is 2.15. The molecule has 0 radical (unpaired) electrons. The molecule has 0 saturated heterocycles. The van der Waals surface area contributed by atoms with Crippen LogP contribution in [-0.4, -0.2) is 29.7 Å². The highest BCUT2D eigenvalue weighted by atomic mass is 16.5. The van der Waals surface area contributed by atoms with E-state index in [4.69, 9.17) is 4.52 Å². The lowest BCUT2D eigenvalue weighted by molar-refractivity contribution is 0.381. The molecule has 3 aromatic heterocycles. The van der Waals surface area contributed by atoms with E-state index in [1.807, 2.05) is 13.8 Å². The van der Waals surface area contributed by atoms with Crippen LogP contribution in [0.2, 0.25) is 0 Å². The number of hydrogen-bond donors (Lipinski definition) is 0. The van der Waals surface area contributed by atoms with Gasteiger partial charge in [-0.25, -0.2) is 9.67 Å². The minimum atomic E-state index is -0.217. The van der Waals surface area contributed by atoms with Crippen LogP contribution in [0.3, 0.4) is 0 Å². The normalized spacial score (nSPS) is 11.3. The number of nitrogens with zero attached hydrogens (tertiary/aromatic N) is 6. The minimum absolute atomic E-state index is 0.217. The molecule has 0 aromatic carbocycles.